The molecule has 2 aliphatic rings. The molecule has 4 heterocycles. The van der Waals surface area contributed by atoms with Gasteiger partial charge in [-0.25, -0.2) is 14.8 Å². The van der Waals surface area contributed by atoms with Crippen molar-refractivity contribution in [3.63, 3.8) is 0 Å². The summed E-state index contributed by atoms with van der Waals surface area (Å²) in [4.78, 5) is 43.3. The number of nitrogens with zero attached hydrogens (tertiary/aromatic N) is 3. The highest BCUT2D eigenvalue weighted by molar-refractivity contribution is 5.86. The van der Waals surface area contributed by atoms with Gasteiger partial charge in [0.1, 0.15) is 23.4 Å². The van der Waals surface area contributed by atoms with Gasteiger partial charge >= 0.3 is 6.09 Å². The van der Waals surface area contributed by atoms with E-state index in [0.29, 0.717) is 6.54 Å². The van der Waals surface area contributed by atoms with Crippen LogP contribution >= 0.6 is 0 Å². The van der Waals surface area contributed by atoms with Gasteiger partial charge in [0.05, 0.1) is 37.3 Å². The maximum atomic E-state index is 13.5. The number of aromatic nitrogens is 4. The van der Waals surface area contributed by atoms with Gasteiger partial charge in [0.15, 0.2) is 0 Å². The first-order chi connectivity index (χ1) is 22.4. The molecule has 46 heavy (non-hydrogen) atoms. The minimum Gasteiger partial charge on any atom is -0.453 e. The monoisotopic (exact) mass is 623 g/mol. The first-order valence-electron chi connectivity index (χ1n) is 16.5. The summed E-state index contributed by atoms with van der Waals surface area (Å²) >= 11 is 0. The van der Waals surface area contributed by atoms with Crippen molar-refractivity contribution in [3.8, 4) is 34.9 Å². The number of unbranched alkanes of at least 4 members (excludes halogenated alkanes) is 2. The summed E-state index contributed by atoms with van der Waals surface area (Å²) in [6, 6.07) is 5.73. The van der Waals surface area contributed by atoms with Crippen LogP contribution in [0.15, 0.2) is 30.6 Å². The van der Waals surface area contributed by atoms with Gasteiger partial charge in [-0.15, -0.1) is 0 Å². The second-order valence-electron chi connectivity index (χ2n) is 12.4. The molecule has 5 rings (SSSR count). The van der Waals surface area contributed by atoms with Gasteiger partial charge in [0, 0.05) is 12.1 Å². The van der Waals surface area contributed by atoms with E-state index < -0.39 is 12.1 Å². The van der Waals surface area contributed by atoms with Gasteiger partial charge < -0.3 is 30.2 Å². The fraction of sp³-hybridized carbons (Fsp3) is 0.500. The summed E-state index contributed by atoms with van der Waals surface area (Å²) < 4.78 is 4.76. The number of ether oxygens (including phenoxy) is 1. The lowest BCUT2D eigenvalue weighted by molar-refractivity contribution is -0.135. The Balaban J connectivity index is 1.32. The molecule has 0 spiro atoms. The number of imidazole rings is 2. The van der Waals surface area contributed by atoms with Gasteiger partial charge in [-0.2, -0.15) is 0 Å². The Kier molecular flexibility index (Phi) is 11.2. The second kappa shape index (κ2) is 15.6. The molecule has 242 valence electrons. The minimum absolute atomic E-state index is 0.0868. The highest BCUT2D eigenvalue weighted by Crippen LogP contribution is 2.33. The van der Waals surface area contributed by atoms with Crippen LogP contribution in [0.25, 0.3) is 11.3 Å². The van der Waals surface area contributed by atoms with E-state index in [4.69, 9.17) is 9.72 Å². The Morgan fingerprint density at radius 3 is 2.65 bits per heavy atom. The molecular formula is C36H45N7O3. The van der Waals surface area contributed by atoms with E-state index >= 15 is 0 Å². The molecule has 2 aromatic heterocycles. The number of hydrogen-bond donors (Lipinski definition) is 4. The zero-order valence-electron chi connectivity index (χ0n) is 27.3. The molecule has 0 saturated carbocycles. The molecule has 3 atom stereocenters. The fourth-order valence-electron chi connectivity index (χ4n) is 6.19. The summed E-state index contributed by atoms with van der Waals surface area (Å²) in [6.07, 6.45) is 11.2. The van der Waals surface area contributed by atoms with Gasteiger partial charge in [0.25, 0.3) is 0 Å². The number of carbonyl (C=O) groups excluding carboxylic acids is 2. The average molecular weight is 624 g/mol. The third-order valence-electron chi connectivity index (χ3n) is 8.75. The zero-order valence-corrected chi connectivity index (χ0v) is 27.3. The lowest BCUT2D eigenvalue weighted by Gasteiger charge is -2.30. The van der Waals surface area contributed by atoms with E-state index in [1.165, 1.54) is 12.7 Å². The first kappa shape index (κ1) is 32.8. The third kappa shape index (κ3) is 7.99. The zero-order chi connectivity index (χ0) is 32.5. The number of aryl methyl sites for hydroxylation is 1. The molecule has 0 radical (unpaired) electrons. The molecule has 2 saturated heterocycles. The van der Waals surface area contributed by atoms with Crippen molar-refractivity contribution in [2.45, 2.75) is 90.3 Å². The van der Waals surface area contributed by atoms with Crippen LogP contribution in [0.2, 0.25) is 0 Å². The van der Waals surface area contributed by atoms with E-state index in [1.807, 2.05) is 24.9 Å². The number of amides is 2. The van der Waals surface area contributed by atoms with Crippen LogP contribution < -0.4 is 10.6 Å². The molecule has 0 bridgehead atoms. The van der Waals surface area contributed by atoms with Crippen molar-refractivity contribution >= 4 is 12.0 Å². The standard InChI is InChI=1S/C36H45N7O3/c1-5-6-7-13-26-21-27(18-17-25(26)12-8-9-14-28-22-38-33(40-28)29-15-10-19-37-29)30-23-39-34(41-30)31-16-11-20-43(31)35(44)32(24(2)3)42-36(45)46-4/h17-18,21-24,29,31-32,37H,5-7,10-11,13,15-16,19-20H2,1-4H3,(H,38,40)(H,39,41)(H,42,45)/t29?,31?,32-/m0/s1. The molecule has 2 amide bonds. The number of rotatable bonds is 10. The van der Waals surface area contributed by atoms with Gasteiger partial charge in [-0.1, -0.05) is 45.6 Å². The Bertz CT molecular complexity index is 1630. The van der Waals surface area contributed by atoms with E-state index in [0.717, 1.165) is 92.1 Å². The third-order valence-corrected chi connectivity index (χ3v) is 8.75. The Morgan fingerprint density at radius 2 is 1.89 bits per heavy atom. The van der Waals surface area contributed by atoms with Crippen LogP contribution in [0.1, 0.15) is 106 Å². The summed E-state index contributed by atoms with van der Waals surface area (Å²) in [5, 5.41) is 6.15. The maximum Gasteiger partial charge on any atom is 0.407 e. The molecule has 10 nitrogen and oxygen atoms in total. The Morgan fingerprint density at radius 1 is 1.07 bits per heavy atom. The number of nitrogens with one attached hydrogen (secondary N) is 4. The van der Waals surface area contributed by atoms with Crippen LogP contribution in [-0.4, -0.2) is 63.1 Å². The summed E-state index contributed by atoms with van der Waals surface area (Å²) in [5.74, 6) is 13.9. The summed E-state index contributed by atoms with van der Waals surface area (Å²) in [6.45, 7) is 7.67. The van der Waals surface area contributed by atoms with Crippen LogP contribution in [-0.2, 0) is 16.0 Å². The van der Waals surface area contributed by atoms with Crippen LogP contribution in [0.5, 0.6) is 0 Å². The lowest BCUT2D eigenvalue weighted by Crippen LogP contribution is -2.51. The number of hydrogen-bond acceptors (Lipinski definition) is 6. The van der Waals surface area contributed by atoms with Crippen molar-refractivity contribution in [2.75, 3.05) is 20.2 Å². The largest absolute Gasteiger partial charge is 0.453 e. The number of benzene rings is 1. The number of methoxy groups -OCH3 is 1. The number of alkyl carbamates (subject to hydrolysis) is 1. The minimum atomic E-state index is -0.669. The van der Waals surface area contributed by atoms with Crippen molar-refractivity contribution in [1.82, 2.24) is 35.5 Å². The average Bonchev–Trinajstić information content (AvgIpc) is 3.89. The van der Waals surface area contributed by atoms with E-state index in [2.05, 4.69) is 74.4 Å². The number of carbonyl (C=O) groups is 2. The smallest absolute Gasteiger partial charge is 0.407 e. The van der Waals surface area contributed by atoms with E-state index in [9.17, 15) is 9.59 Å². The van der Waals surface area contributed by atoms with Gasteiger partial charge in [-0.3, -0.25) is 4.79 Å². The normalized spacial score (nSPS) is 18.1. The predicted octanol–water partition coefficient (Wildman–Crippen LogP) is 5.40. The van der Waals surface area contributed by atoms with Gasteiger partial charge in [-0.05, 0) is 92.0 Å². The van der Waals surface area contributed by atoms with Crippen LogP contribution in [0, 0.1) is 29.6 Å². The molecule has 0 aliphatic carbocycles. The lowest BCUT2D eigenvalue weighted by atomic mass is 9.98. The summed E-state index contributed by atoms with van der Waals surface area (Å²) in [7, 11) is 1.30. The SMILES string of the molecule is CCCCCc1cc(-c2cnc(C3CCCN3C(=O)[C@@H](NC(=O)OC)C(C)C)[nH]2)ccc1C#CC#Cc1cnc(C2CCCN2)[nH]1. The molecule has 2 unspecified atom stereocenters. The van der Waals surface area contributed by atoms with Gasteiger partial charge in [0.2, 0.25) is 5.91 Å². The van der Waals surface area contributed by atoms with E-state index in [1.54, 1.807) is 6.20 Å². The summed E-state index contributed by atoms with van der Waals surface area (Å²) in [5.41, 5.74) is 4.84. The number of H-pyrrole nitrogens is 2. The number of aromatic amines is 2. The maximum absolute atomic E-state index is 13.5. The fourth-order valence-corrected chi connectivity index (χ4v) is 6.19. The quantitative estimate of drug-likeness (QED) is 0.177. The second-order valence-corrected chi connectivity index (χ2v) is 12.4. The molecular weight excluding hydrogens is 578 g/mol. The van der Waals surface area contributed by atoms with Crippen molar-refractivity contribution < 1.29 is 14.3 Å². The van der Waals surface area contributed by atoms with Crippen molar-refractivity contribution in [3.05, 3.63) is 59.1 Å². The predicted molar refractivity (Wildman–Crippen MR) is 177 cm³/mol. The van der Waals surface area contributed by atoms with Crippen molar-refractivity contribution in [2.24, 2.45) is 5.92 Å². The molecule has 10 heteroatoms. The molecule has 1 aromatic carbocycles. The highest BCUT2D eigenvalue weighted by atomic mass is 16.5. The Labute approximate surface area is 271 Å². The first-order valence-corrected chi connectivity index (χ1v) is 16.5. The topological polar surface area (TPSA) is 128 Å². The molecule has 2 aliphatic heterocycles. The van der Waals surface area contributed by atoms with Crippen molar-refractivity contribution in [1.29, 1.82) is 0 Å². The molecule has 4 N–H and O–H groups in total. The highest BCUT2D eigenvalue weighted by Gasteiger charge is 2.37. The van der Waals surface area contributed by atoms with E-state index in [-0.39, 0.29) is 23.9 Å². The molecule has 3 aromatic rings. The molecule has 2 fully saturated rings. The number of likely N-dealkylation sites (tertiary alicyclic amines) is 1. The van der Waals surface area contributed by atoms with Crippen LogP contribution in [0.4, 0.5) is 4.79 Å². The Hall–Kier alpha value is -4.54. The van der Waals surface area contributed by atoms with Crippen LogP contribution in [0.3, 0.4) is 0 Å².